The molecule has 1 fully saturated rings. The summed E-state index contributed by atoms with van der Waals surface area (Å²) >= 11 is 0. The van der Waals surface area contributed by atoms with E-state index in [1.807, 2.05) is 6.08 Å². The second kappa shape index (κ2) is 10.5. The van der Waals surface area contributed by atoms with E-state index in [0.29, 0.717) is 0 Å². The van der Waals surface area contributed by atoms with Gasteiger partial charge in [0.15, 0.2) is 5.96 Å². The highest BCUT2D eigenvalue weighted by atomic mass is 127. The lowest BCUT2D eigenvalue weighted by atomic mass is 9.92. The van der Waals surface area contributed by atoms with E-state index >= 15 is 0 Å². The Morgan fingerprint density at radius 1 is 1.32 bits per heavy atom. The molecule has 1 saturated heterocycles. The number of hydrogen-bond donors (Lipinski definition) is 2. The van der Waals surface area contributed by atoms with Crippen LogP contribution in [0, 0.1) is 11.8 Å². The second-order valence-corrected chi connectivity index (χ2v) is 5.37. The first-order valence-corrected chi connectivity index (χ1v) is 6.93. The molecule has 2 N–H and O–H groups in total. The summed E-state index contributed by atoms with van der Waals surface area (Å²) in [5.41, 5.74) is 0. The maximum Gasteiger partial charge on any atom is 0.191 e. The third-order valence-electron chi connectivity index (χ3n) is 3.30. The standard InChI is InChI=1S/C14H28N4.HI/c1-5-6-16-14(15-4)17-7-8-18-10-12(2)9-13(3)11-18;/h5,12-13H,1,6-11H2,2-4H3,(H2,15,16,17);1H. The lowest BCUT2D eigenvalue weighted by Crippen LogP contribution is -2.45. The predicted octanol–water partition coefficient (Wildman–Crippen LogP) is 1.93. The minimum Gasteiger partial charge on any atom is -0.355 e. The molecule has 0 amide bonds. The van der Waals surface area contributed by atoms with Gasteiger partial charge in [0.2, 0.25) is 0 Å². The van der Waals surface area contributed by atoms with Gasteiger partial charge in [0.05, 0.1) is 0 Å². The van der Waals surface area contributed by atoms with Crippen molar-refractivity contribution >= 4 is 29.9 Å². The number of rotatable bonds is 5. The molecule has 0 saturated carbocycles. The van der Waals surface area contributed by atoms with Gasteiger partial charge in [0.25, 0.3) is 0 Å². The molecule has 5 heteroatoms. The van der Waals surface area contributed by atoms with E-state index in [2.05, 4.69) is 41.0 Å². The van der Waals surface area contributed by atoms with Crippen LogP contribution in [0.3, 0.4) is 0 Å². The average Bonchev–Trinajstić information content (AvgIpc) is 2.32. The van der Waals surface area contributed by atoms with Crippen LogP contribution in [-0.4, -0.2) is 50.6 Å². The first kappa shape index (κ1) is 18.7. The fraction of sp³-hybridized carbons (Fsp3) is 0.786. The SMILES string of the molecule is C=CCNC(=NC)NCCN1CC(C)CC(C)C1.I. The molecule has 0 aromatic rings. The van der Waals surface area contributed by atoms with Crippen LogP contribution in [0.5, 0.6) is 0 Å². The van der Waals surface area contributed by atoms with E-state index < -0.39 is 0 Å². The van der Waals surface area contributed by atoms with E-state index in [9.17, 15) is 0 Å². The fourth-order valence-corrected chi connectivity index (χ4v) is 2.70. The zero-order chi connectivity index (χ0) is 13.4. The minimum absolute atomic E-state index is 0. The average molecular weight is 380 g/mol. The van der Waals surface area contributed by atoms with Gasteiger partial charge in [0.1, 0.15) is 0 Å². The van der Waals surface area contributed by atoms with Crippen LogP contribution in [0.1, 0.15) is 20.3 Å². The Balaban J connectivity index is 0.00000324. The van der Waals surface area contributed by atoms with Crippen molar-refractivity contribution in [3.8, 4) is 0 Å². The van der Waals surface area contributed by atoms with E-state index in [4.69, 9.17) is 0 Å². The topological polar surface area (TPSA) is 39.7 Å². The van der Waals surface area contributed by atoms with Crippen LogP contribution < -0.4 is 10.6 Å². The van der Waals surface area contributed by atoms with Crippen molar-refractivity contribution in [2.24, 2.45) is 16.8 Å². The van der Waals surface area contributed by atoms with E-state index in [0.717, 1.165) is 37.4 Å². The minimum atomic E-state index is 0. The van der Waals surface area contributed by atoms with Gasteiger partial charge >= 0.3 is 0 Å². The highest BCUT2D eigenvalue weighted by molar-refractivity contribution is 14.0. The van der Waals surface area contributed by atoms with Gasteiger partial charge in [-0.3, -0.25) is 4.99 Å². The number of guanidine groups is 1. The zero-order valence-electron chi connectivity index (χ0n) is 12.5. The van der Waals surface area contributed by atoms with Crippen LogP contribution >= 0.6 is 24.0 Å². The number of likely N-dealkylation sites (tertiary alicyclic amines) is 1. The molecule has 19 heavy (non-hydrogen) atoms. The van der Waals surface area contributed by atoms with Gasteiger partial charge in [-0.25, -0.2) is 0 Å². The Labute approximate surface area is 135 Å². The lowest BCUT2D eigenvalue weighted by molar-refractivity contribution is 0.143. The van der Waals surface area contributed by atoms with Crippen molar-refractivity contribution in [2.45, 2.75) is 20.3 Å². The Hall–Kier alpha value is -0.300. The largest absolute Gasteiger partial charge is 0.355 e. The number of piperidine rings is 1. The third kappa shape index (κ3) is 7.77. The molecule has 0 aromatic heterocycles. The van der Waals surface area contributed by atoms with Gasteiger partial charge in [0, 0.05) is 39.8 Å². The monoisotopic (exact) mass is 380 g/mol. The summed E-state index contributed by atoms with van der Waals surface area (Å²) in [5.74, 6) is 2.51. The third-order valence-corrected chi connectivity index (χ3v) is 3.30. The van der Waals surface area contributed by atoms with Gasteiger partial charge < -0.3 is 15.5 Å². The maximum absolute atomic E-state index is 4.17. The zero-order valence-corrected chi connectivity index (χ0v) is 14.8. The van der Waals surface area contributed by atoms with Crippen LogP contribution in [0.15, 0.2) is 17.6 Å². The van der Waals surface area contributed by atoms with Crippen molar-refractivity contribution in [3.05, 3.63) is 12.7 Å². The molecular formula is C14H29IN4. The number of nitrogens with one attached hydrogen (secondary N) is 2. The van der Waals surface area contributed by atoms with Crippen molar-refractivity contribution in [1.82, 2.24) is 15.5 Å². The summed E-state index contributed by atoms with van der Waals surface area (Å²) in [6, 6.07) is 0. The summed E-state index contributed by atoms with van der Waals surface area (Å²) in [7, 11) is 1.80. The molecule has 1 heterocycles. The molecule has 1 aliphatic heterocycles. The molecule has 0 aromatic carbocycles. The molecule has 2 unspecified atom stereocenters. The van der Waals surface area contributed by atoms with Gasteiger partial charge in [-0.05, 0) is 18.3 Å². The van der Waals surface area contributed by atoms with Crippen molar-refractivity contribution in [3.63, 3.8) is 0 Å². The van der Waals surface area contributed by atoms with Crippen LogP contribution in [-0.2, 0) is 0 Å². The van der Waals surface area contributed by atoms with Crippen molar-refractivity contribution < 1.29 is 0 Å². The molecule has 112 valence electrons. The summed E-state index contributed by atoms with van der Waals surface area (Å²) in [5, 5.41) is 6.51. The van der Waals surface area contributed by atoms with Crippen LogP contribution in [0.2, 0.25) is 0 Å². The molecule has 0 aliphatic carbocycles. The number of aliphatic imine (C=N–C) groups is 1. The van der Waals surface area contributed by atoms with E-state index in [1.54, 1.807) is 7.05 Å². The Morgan fingerprint density at radius 3 is 2.47 bits per heavy atom. The highest BCUT2D eigenvalue weighted by Gasteiger charge is 2.20. The summed E-state index contributed by atoms with van der Waals surface area (Å²) in [6.45, 7) is 13.6. The van der Waals surface area contributed by atoms with Crippen molar-refractivity contribution in [2.75, 3.05) is 39.8 Å². The summed E-state index contributed by atoms with van der Waals surface area (Å²) < 4.78 is 0. The quantitative estimate of drug-likeness (QED) is 0.332. The Kier molecular flexibility index (Phi) is 10.3. The van der Waals surface area contributed by atoms with E-state index in [-0.39, 0.29) is 24.0 Å². The fourth-order valence-electron chi connectivity index (χ4n) is 2.70. The lowest BCUT2D eigenvalue weighted by Gasteiger charge is -2.35. The first-order valence-electron chi connectivity index (χ1n) is 6.93. The maximum atomic E-state index is 4.17. The van der Waals surface area contributed by atoms with E-state index in [1.165, 1.54) is 19.5 Å². The molecular weight excluding hydrogens is 351 g/mol. The first-order chi connectivity index (χ1) is 8.65. The number of halogens is 1. The summed E-state index contributed by atoms with van der Waals surface area (Å²) in [4.78, 5) is 6.71. The Morgan fingerprint density at radius 2 is 1.95 bits per heavy atom. The molecule has 1 rings (SSSR count). The van der Waals surface area contributed by atoms with Gasteiger partial charge in [-0.2, -0.15) is 0 Å². The highest BCUT2D eigenvalue weighted by Crippen LogP contribution is 2.20. The Bertz CT molecular complexity index is 271. The van der Waals surface area contributed by atoms with Crippen LogP contribution in [0.4, 0.5) is 0 Å². The molecule has 4 nitrogen and oxygen atoms in total. The van der Waals surface area contributed by atoms with Gasteiger partial charge in [-0.1, -0.05) is 19.9 Å². The van der Waals surface area contributed by atoms with Crippen molar-refractivity contribution in [1.29, 1.82) is 0 Å². The summed E-state index contributed by atoms with van der Waals surface area (Å²) in [6.07, 6.45) is 3.20. The smallest absolute Gasteiger partial charge is 0.191 e. The number of nitrogens with zero attached hydrogens (tertiary/aromatic N) is 2. The molecule has 0 spiro atoms. The molecule has 2 atom stereocenters. The predicted molar refractivity (Wildman–Crippen MR) is 94.4 cm³/mol. The molecule has 0 radical (unpaired) electrons. The number of hydrogen-bond acceptors (Lipinski definition) is 2. The molecule has 0 bridgehead atoms. The normalized spacial score (nSPS) is 24.5. The molecule has 1 aliphatic rings. The van der Waals surface area contributed by atoms with Gasteiger partial charge in [-0.15, -0.1) is 30.6 Å². The van der Waals surface area contributed by atoms with Crippen LogP contribution in [0.25, 0.3) is 0 Å². The second-order valence-electron chi connectivity index (χ2n) is 5.37.